The number of ether oxygens (including phenoxy) is 2. The lowest BCUT2D eigenvalue weighted by Crippen LogP contribution is -2.30. The molecule has 3 rings (SSSR count). The molecule has 0 unspecified atom stereocenters. The summed E-state index contributed by atoms with van der Waals surface area (Å²) in [7, 11) is 1.61. The summed E-state index contributed by atoms with van der Waals surface area (Å²) in [5.41, 5.74) is 2.71. The lowest BCUT2D eigenvalue weighted by molar-refractivity contribution is -0.123. The van der Waals surface area contributed by atoms with Crippen LogP contribution in [-0.2, 0) is 9.53 Å². The number of benzene rings is 2. The van der Waals surface area contributed by atoms with Gasteiger partial charge in [0.1, 0.15) is 11.5 Å². The van der Waals surface area contributed by atoms with Crippen LogP contribution in [0.1, 0.15) is 12.0 Å². The Labute approximate surface area is 179 Å². The van der Waals surface area contributed by atoms with Crippen molar-refractivity contribution in [2.75, 3.05) is 26.9 Å². The van der Waals surface area contributed by atoms with Crippen LogP contribution < -0.4 is 15.7 Å². The average molecular weight is 423 g/mol. The fourth-order valence-electron chi connectivity index (χ4n) is 2.97. The highest BCUT2D eigenvalue weighted by molar-refractivity contribution is 5.77. The van der Waals surface area contributed by atoms with Gasteiger partial charge in [-0.3, -0.25) is 4.79 Å². The largest absolute Gasteiger partial charge is 0.508 e. The quantitative estimate of drug-likeness (QED) is 0.456. The molecule has 8 heteroatoms. The highest BCUT2D eigenvalue weighted by atomic mass is 16.5. The summed E-state index contributed by atoms with van der Waals surface area (Å²) < 4.78 is 10.5. The molecule has 0 spiro atoms. The van der Waals surface area contributed by atoms with Crippen LogP contribution in [0.25, 0.3) is 22.5 Å². The molecule has 162 valence electrons. The Kier molecular flexibility index (Phi) is 7.40. The number of hydrogen-bond acceptors (Lipinski definition) is 6. The normalized spacial score (nSPS) is 10.6. The number of nitrogens with zero attached hydrogens (tertiary/aromatic N) is 1. The van der Waals surface area contributed by atoms with Crippen LogP contribution in [-0.4, -0.2) is 47.8 Å². The summed E-state index contributed by atoms with van der Waals surface area (Å²) in [5.74, 6) is 0.461. The highest BCUT2D eigenvalue weighted by Gasteiger charge is 2.09. The summed E-state index contributed by atoms with van der Waals surface area (Å²) in [4.78, 5) is 30.8. The number of H-pyrrole nitrogens is 1. The molecular weight excluding hydrogens is 398 g/mol. The van der Waals surface area contributed by atoms with Crippen molar-refractivity contribution in [1.82, 2.24) is 15.3 Å². The van der Waals surface area contributed by atoms with Crippen LogP contribution in [0, 0.1) is 6.92 Å². The van der Waals surface area contributed by atoms with E-state index in [0.717, 1.165) is 12.0 Å². The van der Waals surface area contributed by atoms with Crippen LogP contribution in [0.3, 0.4) is 0 Å². The molecule has 0 saturated heterocycles. The number of hydrogen-bond donors (Lipinski definition) is 3. The fourth-order valence-corrected chi connectivity index (χ4v) is 2.97. The zero-order valence-corrected chi connectivity index (χ0v) is 17.5. The second-order valence-corrected chi connectivity index (χ2v) is 7.00. The van der Waals surface area contributed by atoms with E-state index in [1.807, 2.05) is 6.07 Å². The first kappa shape index (κ1) is 22.0. The van der Waals surface area contributed by atoms with E-state index in [0.29, 0.717) is 41.4 Å². The van der Waals surface area contributed by atoms with Crippen molar-refractivity contribution in [3.05, 3.63) is 64.6 Å². The number of carbonyl (C=O) groups is 1. The van der Waals surface area contributed by atoms with Crippen LogP contribution in [0.2, 0.25) is 0 Å². The van der Waals surface area contributed by atoms with Crippen LogP contribution >= 0.6 is 0 Å². The first-order valence-corrected chi connectivity index (χ1v) is 9.86. The van der Waals surface area contributed by atoms with Gasteiger partial charge in [-0.15, -0.1) is 0 Å². The Morgan fingerprint density at radius 2 is 2.00 bits per heavy atom. The molecule has 0 bridgehead atoms. The second kappa shape index (κ2) is 10.4. The standard InChI is InChI=1S/C23H25N3O5/c1-15-11-17(7-8-21(15)27)20-13-19(25-23(29)26-20)16-5-3-6-18(12-16)31-14-22(28)24-9-4-10-30-2/h3,5-8,11-13,27H,4,9-10,14H2,1-2H3,(H,24,28)(H,25,26,29). The Morgan fingerprint density at radius 3 is 2.77 bits per heavy atom. The van der Waals surface area contributed by atoms with Gasteiger partial charge < -0.3 is 24.9 Å². The van der Waals surface area contributed by atoms with E-state index in [2.05, 4.69) is 15.3 Å². The number of phenols is 1. The lowest BCUT2D eigenvalue weighted by Gasteiger charge is -2.10. The van der Waals surface area contributed by atoms with E-state index >= 15 is 0 Å². The second-order valence-electron chi connectivity index (χ2n) is 7.00. The smallest absolute Gasteiger partial charge is 0.345 e. The van der Waals surface area contributed by atoms with Crippen molar-refractivity contribution >= 4 is 5.91 Å². The number of carbonyl (C=O) groups excluding carboxylic acids is 1. The molecule has 2 aromatic carbocycles. The van der Waals surface area contributed by atoms with E-state index in [4.69, 9.17) is 9.47 Å². The van der Waals surface area contributed by atoms with Crippen LogP contribution in [0.4, 0.5) is 0 Å². The Morgan fingerprint density at radius 1 is 1.16 bits per heavy atom. The molecule has 0 fully saturated rings. The molecule has 8 nitrogen and oxygen atoms in total. The number of aryl methyl sites for hydroxylation is 1. The first-order chi connectivity index (χ1) is 15.0. The maximum atomic E-state index is 12.1. The average Bonchev–Trinajstić information content (AvgIpc) is 2.77. The Bertz CT molecular complexity index is 1110. The summed E-state index contributed by atoms with van der Waals surface area (Å²) in [6.07, 6.45) is 0.731. The predicted molar refractivity (Wildman–Crippen MR) is 117 cm³/mol. The zero-order chi connectivity index (χ0) is 22.2. The third-order valence-corrected chi connectivity index (χ3v) is 4.60. The Balaban J connectivity index is 1.74. The third kappa shape index (κ3) is 6.16. The molecule has 0 radical (unpaired) electrons. The minimum atomic E-state index is -0.486. The number of nitrogens with one attached hydrogen (secondary N) is 2. The zero-order valence-electron chi connectivity index (χ0n) is 17.5. The lowest BCUT2D eigenvalue weighted by atomic mass is 10.1. The van der Waals surface area contributed by atoms with Gasteiger partial charge in [-0.25, -0.2) is 4.79 Å². The number of methoxy groups -OCH3 is 1. The Hall–Kier alpha value is -3.65. The van der Waals surface area contributed by atoms with Gasteiger partial charge in [0, 0.05) is 25.8 Å². The van der Waals surface area contributed by atoms with Gasteiger partial charge >= 0.3 is 5.69 Å². The van der Waals surface area contributed by atoms with Gasteiger partial charge in [0.15, 0.2) is 6.61 Å². The number of aromatic amines is 1. The van der Waals surface area contributed by atoms with Gasteiger partial charge in [-0.05, 0) is 60.9 Å². The van der Waals surface area contributed by atoms with Crippen LogP contribution in [0.15, 0.2) is 53.3 Å². The number of aromatic hydroxyl groups is 1. The molecule has 0 aliphatic rings. The predicted octanol–water partition coefficient (Wildman–Crippen LogP) is 2.65. The summed E-state index contributed by atoms with van der Waals surface area (Å²) in [5, 5.41) is 12.5. The minimum absolute atomic E-state index is 0.114. The van der Waals surface area contributed by atoms with Gasteiger partial charge in [0.2, 0.25) is 0 Å². The number of phenolic OH excluding ortho intramolecular Hbond substituents is 1. The highest BCUT2D eigenvalue weighted by Crippen LogP contribution is 2.27. The fraction of sp³-hybridized carbons (Fsp3) is 0.261. The molecular formula is C23H25N3O5. The van der Waals surface area contributed by atoms with Crippen molar-refractivity contribution in [3.63, 3.8) is 0 Å². The van der Waals surface area contributed by atoms with Gasteiger partial charge in [-0.1, -0.05) is 12.1 Å². The van der Waals surface area contributed by atoms with Gasteiger partial charge in [-0.2, -0.15) is 4.98 Å². The molecule has 1 heterocycles. The molecule has 0 aliphatic heterocycles. The van der Waals surface area contributed by atoms with Crippen molar-refractivity contribution in [3.8, 4) is 34.0 Å². The van der Waals surface area contributed by atoms with E-state index < -0.39 is 5.69 Å². The molecule has 0 aliphatic carbocycles. The number of amides is 1. The monoisotopic (exact) mass is 423 g/mol. The molecule has 0 saturated carbocycles. The molecule has 0 atom stereocenters. The van der Waals surface area contributed by atoms with E-state index in [1.54, 1.807) is 56.5 Å². The van der Waals surface area contributed by atoms with Crippen LogP contribution in [0.5, 0.6) is 11.5 Å². The third-order valence-electron chi connectivity index (χ3n) is 4.60. The minimum Gasteiger partial charge on any atom is -0.508 e. The van der Waals surface area contributed by atoms with Crippen molar-refractivity contribution in [1.29, 1.82) is 0 Å². The molecule has 1 amide bonds. The van der Waals surface area contributed by atoms with Crippen molar-refractivity contribution in [2.45, 2.75) is 13.3 Å². The van der Waals surface area contributed by atoms with Gasteiger partial charge in [0.25, 0.3) is 5.91 Å². The topological polar surface area (TPSA) is 114 Å². The number of rotatable bonds is 9. The molecule has 31 heavy (non-hydrogen) atoms. The van der Waals surface area contributed by atoms with E-state index in [1.165, 1.54) is 0 Å². The van der Waals surface area contributed by atoms with Crippen molar-refractivity contribution in [2.24, 2.45) is 0 Å². The maximum Gasteiger partial charge on any atom is 0.345 e. The summed E-state index contributed by atoms with van der Waals surface area (Å²) >= 11 is 0. The molecule has 3 aromatic rings. The van der Waals surface area contributed by atoms with Gasteiger partial charge in [0.05, 0.1) is 11.4 Å². The van der Waals surface area contributed by atoms with E-state index in [-0.39, 0.29) is 18.3 Å². The first-order valence-electron chi connectivity index (χ1n) is 9.86. The molecule has 3 N–H and O–H groups in total. The summed E-state index contributed by atoms with van der Waals surface area (Å²) in [6.45, 7) is 2.77. The number of aromatic nitrogens is 2. The maximum absolute atomic E-state index is 12.1. The van der Waals surface area contributed by atoms with E-state index in [9.17, 15) is 14.7 Å². The van der Waals surface area contributed by atoms with Crippen molar-refractivity contribution < 1.29 is 19.4 Å². The summed E-state index contributed by atoms with van der Waals surface area (Å²) in [6, 6.07) is 13.9. The molecule has 1 aromatic heterocycles. The SMILES string of the molecule is COCCCNC(=O)COc1cccc(-c2cc(-c3ccc(O)c(C)c3)[nH]c(=O)n2)c1.